The zero-order chi connectivity index (χ0) is 19.9. The van der Waals surface area contributed by atoms with Crippen LogP contribution in [0.1, 0.15) is 32.8 Å². The minimum absolute atomic E-state index is 0.0573. The highest BCUT2D eigenvalue weighted by Gasteiger charge is 2.36. The van der Waals surface area contributed by atoms with E-state index in [0.717, 1.165) is 43.1 Å². The third kappa shape index (κ3) is 4.82. The number of nitrogens with zero attached hydrogens (tertiary/aromatic N) is 3. The van der Waals surface area contributed by atoms with Gasteiger partial charge in [-0.1, -0.05) is 30.3 Å². The molecule has 0 spiro atoms. The highest BCUT2D eigenvalue weighted by Crippen LogP contribution is 2.31. The lowest BCUT2D eigenvalue weighted by molar-refractivity contribution is 0.0667. The van der Waals surface area contributed by atoms with Crippen LogP contribution in [-0.4, -0.2) is 54.9 Å². The van der Waals surface area contributed by atoms with Crippen molar-refractivity contribution in [2.45, 2.75) is 39.8 Å². The topological polar surface area (TPSA) is 63.3 Å². The minimum Gasteiger partial charge on any atom is -0.380 e. The molecule has 0 bridgehead atoms. The quantitative estimate of drug-likeness (QED) is 0.496. The van der Waals surface area contributed by atoms with Crippen molar-refractivity contribution < 1.29 is 9.47 Å². The molecule has 28 heavy (non-hydrogen) atoms. The van der Waals surface area contributed by atoms with Crippen LogP contribution in [0.25, 0.3) is 0 Å². The summed E-state index contributed by atoms with van der Waals surface area (Å²) in [6.07, 6.45) is 3.94. The van der Waals surface area contributed by atoms with Gasteiger partial charge in [-0.15, -0.1) is 0 Å². The maximum Gasteiger partial charge on any atom is 0.168 e. The van der Waals surface area contributed by atoms with Crippen molar-refractivity contribution in [3.05, 3.63) is 58.9 Å². The molecule has 1 atom stereocenters. The number of aryl methyl sites for hydroxylation is 1. The Hall–Kier alpha value is -2.15. The Balaban J connectivity index is 1.54. The van der Waals surface area contributed by atoms with Gasteiger partial charge < -0.3 is 14.4 Å². The van der Waals surface area contributed by atoms with Crippen LogP contribution < -0.4 is 5.84 Å². The largest absolute Gasteiger partial charge is 0.380 e. The monoisotopic (exact) mass is 384 g/mol. The van der Waals surface area contributed by atoms with Gasteiger partial charge in [-0.25, -0.2) is 10.8 Å². The van der Waals surface area contributed by atoms with E-state index in [1.807, 2.05) is 19.2 Å². The van der Waals surface area contributed by atoms with E-state index in [-0.39, 0.29) is 6.17 Å². The lowest BCUT2D eigenvalue weighted by Crippen LogP contribution is -2.41. The molecule has 6 heteroatoms. The number of hydrogen-bond donors (Lipinski definition) is 1. The van der Waals surface area contributed by atoms with Gasteiger partial charge in [0.25, 0.3) is 0 Å². The fraction of sp³-hybridized carbons (Fsp3) is 0.500. The number of benzene rings is 1. The van der Waals surface area contributed by atoms with E-state index >= 15 is 0 Å². The lowest BCUT2D eigenvalue weighted by Gasteiger charge is -2.31. The zero-order valence-electron chi connectivity index (χ0n) is 17.2. The summed E-state index contributed by atoms with van der Waals surface area (Å²) in [5.74, 6) is 6.99. The summed E-state index contributed by atoms with van der Waals surface area (Å²) < 4.78 is 11.6. The number of amidine groups is 1. The molecule has 0 saturated heterocycles. The lowest BCUT2D eigenvalue weighted by atomic mass is 10.0. The van der Waals surface area contributed by atoms with Gasteiger partial charge in [0.2, 0.25) is 0 Å². The number of nitrogens with two attached hydrogens (primary N) is 1. The van der Waals surface area contributed by atoms with Crippen LogP contribution in [0.5, 0.6) is 0 Å². The molecule has 2 heterocycles. The van der Waals surface area contributed by atoms with Crippen LogP contribution in [0.15, 0.2) is 58.4 Å². The second kappa shape index (κ2) is 9.87. The zero-order valence-corrected chi connectivity index (χ0v) is 17.2. The molecule has 152 valence electrons. The molecule has 2 aliphatic rings. The summed E-state index contributed by atoms with van der Waals surface area (Å²) in [5, 5.41) is 1.62. The van der Waals surface area contributed by atoms with Crippen molar-refractivity contribution in [1.82, 2.24) is 9.91 Å². The SMILES string of the molecule is CCOCC1N=C2C(=C(C)C(C)=CN2N)N1CCOCCCc1ccccc1. The molecule has 0 aromatic heterocycles. The molecule has 0 fully saturated rings. The Labute approximate surface area is 168 Å². The third-order valence-corrected chi connectivity index (χ3v) is 5.20. The number of rotatable bonds is 10. The molecule has 0 amide bonds. The van der Waals surface area contributed by atoms with E-state index in [4.69, 9.17) is 20.3 Å². The standard InChI is InChI=1S/C22H32N4O2/c1-4-27-16-20-24-22-21(18(3)17(2)15-26(22)23)25(20)12-14-28-13-8-11-19-9-6-5-7-10-19/h5-7,9-10,15,20H,4,8,11-14,16,23H2,1-3H3. The van der Waals surface area contributed by atoms with Gasteiger partial charge in [-0.05, 0) is 50.3 Å². The van der Waals surface area contributed by atoms with Gasteiger partial charge in [0.1, 0.15) is 6.17 Å². The predicted molar refractivity (Wildman–Crippen MR) is 112 cm³/mol. The minimum atomic E-state index is -0.0573. The van der Waals surface area contributed by atoms with Crippen LogP contribution in [0.3, 0.4) is 0 Å². The summed E-state index contributed by atoms with van der Waals surface area (Å²) in [7, 11) is 0. The molecule has 3 rings (SSSR count). The van der Waals surface area contributed by atoms with E-state index in [9.17, 15) is 0 Å². The van der Waals surface area contributed by atoms with Crippen molar-refractivity contribution in [3.8, 4) is 0 Å². The Kier molecular flexibility index (Phi) is 7.25. The second-order valence-corrected chi connectivity index (χ2v) is 7.18. The highest BCUT2D eigenvalue weighted by molar-refractivity contribution is 6.02. The molecule has 1 aromatic carbocycles. The van der Waals surface area contributed by atoms with Gasteiger partial charge in [-0.2, -0.15) is 0 Å². The van der Waals surface area contributed by atoms with E-state index in [2.05, 4.69) is 43.0 Å². The normalized spacial score (nSPS) is 19.1. The Morgan fingerprint density at radius 2 is 1.89 bits per heavy atom. The number of ether oxygens (including phenoxy) is 2. The van der Waals surface area contributed by atoms with Gasteiger partial charge in [-0.3, -0.25) is 5.01 Å². The molecular weight excluding hydrogens is 352 g/mol. The van der Waals surface area contributed by atoms with Crippen LogP contribution in [0.4, 0.5) is 0 Å². The highest BCUT2D eigenvalue weighted by atomic mass is 16.5. The first-order chi connectivity index (χ1) is 13.6. The van der Waals surface area contributed by atoms with Crippen LogP contribution in [-0.2, 0) is 15.9 Å². The molecule has 1 aromatic rings. The van der Waals surface area contributed by atoms with Gasteiger partial charge in [0, 0.05) is 26.0 Å². The first-order valence-corrected chi connectivity index (χ1v) is 10.1. The van der Waals surface area contributed by atoms with Crippen LogP contribution in [0, 0.1) is 0 Å². The summed E-state index contributed by atoms with van der Waals surface area (Å²) in [5.41, 5.74) is 4.82. The van der Waals surface area contributed by atoms with Crippen molar-refractivity contribution in [3.63, 3.8) is 0 Å². The van der Waals surface area contributed by atoms with Gasteiger partial charge in [0.05, 0.1) is 18.9 Å². The molecular formula is C22H32N4O2. The molecule has 0 saturated carbocycles. The number of aliphatic imine (C=N–C) groups is 1. The van der Waals surface area contributed by atoms with E-state index < -0.39 is 0 Å². The van der Waals surface area contributed by atoms with Crippen LogP contribution in [0.2, 0.25) is 0 Å². The fourth-order valence-corrected chi connectivity index (χ4v) is 3.57. The van der Waals surface area contributed by atoms with Crippen molar-refractivity contribution in [1.29, 1.82) is 0 Å². The number of hydrogen-bond acceptors (Lipinski definition) is 6. The summed E-state index contributed by atoms with van der Waals surface area (Å²) in [6.45, 7) is 9.61. The maximum absolute atomic E-state index is 6.17. The fourth-order valence-electron chi connectivity index (χ4n) is 3.57. The Morgan fingerprint density at radius 1 is 1.11 bits per heavy atom. The number of allylic oxidation sites excluding steroid dienone is 2. The summed E-state index contributed by atoms with van der Waals surface area (Å²) in [4.78, 5) is 7.08. The molecule has 0 aliphatic carbocycles. The smallest absolute Gasteiger partial charge is 0.168 e. The van der Waals surface area contributed by atoms with Crippen molar-refractivity contribution in [2.75, 3.05) is 33.0 Å². The third-order valence-electron chi connectivity index (χ3n) is 5.20. The first kappa shape index (κ1) is 20.6. The molecule has 6 nitrogen and oxygen atoms in total. The molecule has 0 radical (unpaired) electrons. The van der Waals surface area contributed by atoms with E-state index in [1.165, 1.54) is 11.1 Å². The Morgan fingerprint density at radius 3 is 2.64 bits per heavy atom. The second-order valence-electron chi connectivity index (χ2n) is 7.18. The van der Waals surface area contributed by atoms with Crippen LogP contribution >= 0.6 is 0 Å². The Bertz CT molecular complexity index is 742. The number of hydrazine groups is 1. The van der Waals surface area contributed by atoms with Gasteiger partial charge in [0.15, 0.2) is 5.84 Å². The molecule has 2 N–H and O–H groups in total. The predicted octanol–water partition coefficient (Wildman–Crippen LogP) is 3.08. The van der Waals surface area contributed by atoms with Crippen molar-refractivity contribution in [2.24, 2.45) is 10.8 Å². The first-order valence-electron chi connectivity index (χ1n) is 10.1. The summed E-state index contributed by atoms with van der Waals surface area (Å²) in [6, 6.07) is 10.5. The molecule has 2 aliphatic heterocycles. The maximum atomic E-state index is 6.17. The average Bonchev–Trinajstić information content (AvgIpc) is 3.07. The summed E-state index contributed by atoms with van der Waals surface area (Å²) >= 11 is 0. The average molecular weight is 385 g/mol. The molecule has 1 unspecified atom stereocenters. The van der Waals surface area contributed by atoms with Crippen molar-refractivity contribution >= 4 is 5.84 Å². The number of fused-ring (bicyclic) bond motifs is 1. The van der Waals surface area contributed by atoms with E-state index in [1.54, 1.807) is 5.01 Å². The van der Waals surface area contributed by atoms with E-state index in [0.29, 0.717) is 19.8 Å². The van der Waals surface area contributed by atoms with Gasteiger partial charge >= 0.3 is 0 Å².